The van der Waals surface area contributed by atoms with Gasteiger partial charge in [-0.1, -0.05) is 35.9 Å². The first-order valence-electron chi connectivity index (χ1n) is 10.3. The third kappa shape index (κ3) is 5.12. The summed E-state index contributed by atoms with van der Waals surface area (Å²) in [5.41, 5.74) is 3.07. The van der Waals surface area contributed by atoms with E-state index in [2.05, 4.69) is 5.10 Å². The maximum atomic E-state index is 12.8. The molecule has 0 saturated carbocycles. The summed E-state index contributed by atoms with van der Waals surface area (Å²) in [6, 6.07) is 22.6. The number of para-hydroxylation sites is 1. The Hall–Kier alpha value is -3.91. The number of carbonyl (C=O) groups is 1. The predicted molar refractivity (Wildman–Crippen MR) is 126 cm³/mol. The number of sulfonamides is 1. The van der Waals surface area contributed by atoms with Gasteiger partial charge in [0.1, 0.15) is 5.75 Å². The molecule has 0 N–H and O–H groups in total. The second kappa shape index (κ2) is 9.30. The van der Waals surface area contributed by atoms with Gasteiger partial charge in [0.25, 0.3) is 10.0 Å². The van der Waals surface area contributed by atoms with E-state index in [0.717, 1.165) is 16.8 Å². The predicted octanol–water partition coefficient (Wildman–Crippen LogP) is 4.15. The Morgan fingerprint density at radius 1 is 0.970 bits per heavy atom. The zero-order valence-corrected chi connectivity index (χ0v) is 19.1. The van der Waals surface area contributed by atoms with Crippen molar-refractivity contribution in [1.82, 2.24) is 9.78 Å². The minimum absolute atomic E-state index is 0.0658. The Morgan fingerprint density at radius 3 is 2.30 bits per heavy atom. The number of carbonyl (C=O) groups excluding carboxylic acids is 1. The molecule has 0 radical (unpaired) electrons. The highest BCUT2D eigenvalue weighted by atomic mass is 32.2. The lowest BCUT2D eigenvalue weighted by molar-refractivity contribution is -0.133. The van der Waals surface area contributed by atoms with E-state index in [1.54, 1.807) is 65.6 Å². The van der Waals surface area contributed by atoms with Gasteiger partial charge in [-0.15, -0.1) is 0 Å². The second-order valence-electron chi connectivity index (χ2n) is 7.56. The molecule has 4 rings (SSSR count). The SMILES string of the molecule is Cc1ccc(S(=O)(=O)N(C)c2ccc(OC(=O)Cc3cnn(-c4ccccc4)c3)cc2)cc1. The van der Waals surface area contributed by atoms with Crippen LogP contribution in [0.25, 0.3) is 5.69 Å². The standard InChI is InChI=1S/C25H23N3O4S/c1-19-8-14-24(15-9-19)33(30,31)27(2)21-10-12-23(13-11-21)32-25(29)16-20-17-26-28(18-20)22-6-4-3-5-7-22/h3-15,17-18H,16H2,1-2H3. The molecule has 3 aromatic carbocycles. The van der Waals surface area contributed by atoms with Crippen molar-refractivity contribution in [3.05, 3.63) is 102 Å². The molecule has 168 valence electrons. The average Bonchev–Trinajstić information content (AvgIpc) is 3.28. The van der Waals surface area contributed by atoms with Gasteiger partial charge >= 0.3 is 5.97 Å². The van der Waals surface area contributed by atoms with Crippen LogP contribution < -0.4 is 9.04 Å². The van der Waals surface area contributed by atoms with Crippen LogP contribution >= 0.6 is 0 Å². The molecule has 1 aromatic heterocycles. The molecule has 0 aliphatic heterocycles. The van der Waals surface area contributed by atoms with Crippen LogP contribution in [0, 0.1) is 6.92 Å². The van der Waals surface area contributed by atoms with Crippen LogP contribution in [0.4, 0.5) is 5.69 Å². The van der Waals surface area contributed by atoms with Gasteiger partial charge in [-0.3, -0.25) is 9.10 Å². The lowest BCUT2D eigenvalue weighted by Crippen LogP contribution is -2.26. The van der Waals surface area contributed by atoms with Crippen molar-refractivity contribution >= 4 is 21.7 Å². The number of ether oxygens (including phenoxy) is 1. The zero-order valence-electron chi connectivity index (χ0n) is 18.3. The zero-order chi connectivity index (χ0) is 23.4. The van der Waals surface area contributed by atoms with E-state index in [1.807, 2.05) is 37.3 Å². The minimum Gasteiger partial charge on any atom is -0.426 e. The normalized spacial score (nSPS) is 11.2. The molecule has 0 fully saturated rings. The Morgan fingerprint density at radius 2 is 1.64 bits per heavy atom. The molecule has 0 spiro atoms. The molecule has 0 aliphatic rings. The van der Waals surface area contributed by atoms with Gasteiger partial charge in [-0.05, 0) is 55.5 Å². The summed E-state index contributed by atoms with van der Waals surface area (Å²) in [5, 5.41) is 4.28. The van der Waals surface area contributed by atoms with E-state index in [1.165, 1.54) is 11.4 Å². The van der Waals surface area contributed by atoms with Crippen molar-refractivity contribution in [2.45, 2.75) is 18.2 Å². The molecule has 0 amide bonds. The Bertz CT molecular complexity index is 1350. The monoisotopic (exact) mass is 461 g/mol. The van der Waals surface area contributed by atoms with Crippen LogP contribution in [-0.4, -0.2) is 31.2 Å². The number of aryl methyl sites for hydroxylation is 1. The van der Waals surface area contributed by atoms with Gasteiger partial charge in [0.15, 0.2) is 0 Å². The molecule has 0 aliphatic carbocycles. The maximum Gasteiger partial charge on any atom is 0.315 e. The van der Waals surface area contributed by atoms with Crippen molar-refractivity contribution in [2.75, 3.05) is 11.4 Å². The first kappa shape index (κ1) is 22.3. The summed E-state index contributed by atoms with van der Waals surface area (Å²) in [6.45, 7) is 1.90. The topological polar surface area (TPSA) is 81.5 Å². The number of aromatic nitrogens is 2. The molecule has 7 nitrogen and oxygen atoms in total. The van der Waals surface area contributed by atoms with Crippen LogP contribution in [-0.2, 0) is 21.2 Å². The lowest BCUT2D eigenvalue weighted by Gasteiger charge is -2.20. The average molecular weight is 462 g/mol. The van der Waals surface area contributed by atoms with E-state index in [0.29, 0.717) is 11.4 Å². The Balaban J connectivity index is 1.40. The molecule has 0 bridgehead atoms. The van der Waals surface area contributed by atoms with Gasteiger partial charge in [-0.2, -0.15) is 5.10 Å². The number of nitrogens with zero attached hydrogens (tertiary/aromatic N) is 3. The van der Waals surface area contributed by atoms with Gasteiger partial charge in [0, 0.05) is 18.8 Å². The third-order valence-corrected chi connectivity index (χ3v) is 6.92. The summed E-state index contributed by atoms with van der Waals surface area (Å²) in [7, 11) is -2.20. The summed E-state index contributed by atoms with van der Waals surface area (Å²) in [4.78, 5) is 12.6. The molecular weight excluding hydrogens is 438 g/mol. The van der Waals surface area contributed by atoms with E-state index in [-0.39, 0.29) is 11.3 Å². The number of esters is 1. The van der Waals surface area contributed by atoms with Gasteiger partial charge in [0.2, 0.25) is 0 Å². The minimum atomic E-state index is -3.69. The van der Waals surface area contributed by atoms with E-state index in [4.69, 9.17) is 4.74 Å². The summed E-state index contributed by atoms with van der Waals surface area (Å²) in [6.07, 6.45) is 3.48. The van der Waals surface area contributed by atoms with Crippen LogP contribution in [0.15, 0.2) is 96.2 Å². The fourth-order valence-electron chi connectivity index (χ4n) is 3.24. The van der Waals surface area contributed by atoms with Crippen molar-refractivity contribution in [3.63, 3.8) is 0 Å². The highest BCUT2D eigenvalue weighted by Crippen LogP contribution is 2.25. The molecule has 4 aromatic rings. The fraction of sp³-hybridized carbons (Fsp3) is 0.120. The fourth-order valence-corrected chi connectivity index (χ4v) is 4.43. The molecule has 0 atom stereocenters. The second-order valence-corrected chi connectivity index (χ2v) is 9.53. The van der Waals surface area contributed by atoms with Crippen LogP contribution in [0.3, 0.4) is 0 Å². The van der Waals surface area contributed by atoms with Crippen LogP contribution in [0.5, 0.6) is 5.75 Å². The van der Waals surface area contributed by atoms with Gasteiger partial charge in [-0.25, -0.2) is 13.1 Å². The van der Waals surface area contributed by atoms with E-state index >= 15 is 0 Å². The molecular formula is C25H23N3O4S. The molecule has 0 saturated heterocycles. The molecule has 0 unspecified atom stereocenters. The number of benzene rings is 3. The first-order chi connectivity index (χ1) is 15.8. The highest BCUT2D eigenvalue weighted by Gasteiger charge is 2.21. The first-order valence-corrected chi connectivity index (χ1v) is 11.7. The van der Waals surface area contributed by atoms with Gasteiger partial charge in [0.05, 0.1) is 28.9 Å². The molecule has 1 heterocycles. The van der Waals surface area contributed by atoms with Gasteiger partial charge < -0.3 is 4.74 Å². The van der Waals surface area contributed by atoms with Crippen molar-refractivity contribution in [1.29, 1.82) is 0 Å². The van der Waals surface area contributed by atoms with E-state index in [9.17, 15) is 13.2 Å². The third-order valence-electron chi connectivity index (χ3n) is 5.12. The van der Waals surface area contributed by atoms with Crippen LogP contribution in [0.2, 0.25) is 0 Å². The van der Waals surface area contributed by atoms with Crippen molar-refractivity contribution in [2.24, 2.45) is 0 Å². The number of hydrogen-bond acceptors (Lipinski definition) is 5. The smallest absolute Gasteiger partial charge is 0.315 e. The largest absolute Gasteiger partial charge is 0.426 e. The lowest BCUT2D eigenvalue weighted by atomic mass is 10.2. The molecule has 8 heteroatoms. The molecule has 33 heavy (non-hydrogen) atoms. The quantitative estimate of drug-likeness (QED) is 0.305. The number of hydrogen-bond donors (Lipinski definition) is 0. The summed E-state index contributed by atoms with van der Waals surface area (Å²) < 4.78 is 34.0. The number of rotatable bonds is 7. The van der Waals surface area contributed by atoms with Crippen LogP contribution in [0.1, 0.15) is 11.1 Å². The maximum absolute atomic E-state index is 12.8. The highest BCUT2D eigenvalue weighted by molar-refractivity contribution is 7.92. The summed E-state index contributed by atoms with van der Waals surface area (Å²) in [5.74, 6) is -0.101. The summed E-state index contributed by atoms with van der Waals surface area (Å²) >= 11 is 0. The Labute approximate surface area is 192 Å². The Kier molecular flexibility index (Phi) is 6.28. The van der Waals surface area contributed by atoms with Crippen molar-refractivity contribution in [3.8, 4) is 11.4 Å². The number of anilines is 1. The van der Waals surface area contributed by atoms with Crippen molar-refractivity contribution < 1.29 is 17.9 Å². The van der Waals surface area contributed by atoms with E-state index < -0.39 is 16.0 Å².